The molecule has 0 fully saturated rings. The number of benzene rings is 1. The summed E-state index contributed by atoms with van der Waals surface area (Å²) in [5.74, 6) is -1.76. The molecule has 2 heterocycles. The quantitative estimate of drug-likeness (QED) is 0.493. The zero-order chi connectivity index (χ0) is 22.2. The Morgan fingerprint density at radius 1 is 1.10 bits per heavy atom. The number of nitrogens with zero attached hydrogens (tertiary/aromatic N) is 3. The van der Waals surface area contributed by atoms with Crippen LogP contribution in [0.15, 0.2) is 33.9 Å². The molecule has 0 spiro atoms. The Bertz CT molecular complexity index is 1300. The fourth-order valence-electron chi connectivity index (χ4n) is 3.36. The van der Waals surface area contributed by atoms with Gasteiger partial charge in [0, 0.05) is 25.2 Å². The fraction of sp³-hybridized carbons (Fsp3) is 0.286. The summed E-state index contributed by atoms with van der Waals surface area (Å²) < 4.78 is 7.01. The number of aryl methyl sites for hydroxylation is 1. The molecule has 9 nitrogen and oxygen atoms in total. The van der Waals surface area contributed by atoms with Crippen molar-refractivity contribution in [1.82, 2.24) is 14.1 Å². The van der Waals surface area contributed by atoms with E-state index in [2.05, 4.69) is 4.98 Å². The maximum absolute atomic E-state index is 12.9. The molecule has 2 aromatic heterocycles. The summed E-state index contributed by atoms with van der Waals surface area (Å²) in [6, 6.07) is 7.16. The molecule has 9 heteroatoms. The Labute approximate surface area is 171 Å². The Morgan fingerprint density at radius 3 is 2.43 bits per heavy atom. The first kappa shape index (κ1) is 21.0. The van der Waals surface area contributed by atoms with Gasteiger partial charge < -0.3 is 10.5 Å². The number of carbonyl (C=O) groups excluding carboxylic acids is 2. The molecule has 0 radical (unpaired) electrons. The second kappa shape index (κ2) is 7.94. The minimum absolute atomic E-state index is 0.275. The molecule has 0 aliphatic heterocycles. The summed E-state index contributed by atoms with van der Waals surface area (Å²) in [6.45, 7) is 3.02. The number of ketones is 1. The second-order valence-electron chi connectivity index (χ2n) is 6.89. The highest BCUT2D eigenvalue weighted by Gasteiger charge is 2.23. The van der Waals surface area contributed by atoms with Gasteiger partial charge >= 0.3 is 11.7 Å². The van der Waals surface area contributed by atoms with Gasteiger partial charge in [-0.1, -0.05) is 25.1 Å². The molecule has 0 aliphatic carbocycles. The summed E-state index contributed by atoms with van der Waals surface area (Å²) in [5, 5.41) is 0.613. The standard InChI is InChI=1S/C21H22N4O5/c1-5-13-11(2)16(12-8-6-7-9-14(12)23-13)20(28)30-10-15(26)17-18(22)24(3)21(29)25(4)19(17)27/h6-9H,5,10,22H2,1-4H3. The number of pyridine rings is 1. The Kier molecular flexibility index (Phi) is 5.55. The van der Waals surface area contributed by atoms with Crippen LogP contribution in [0.25, 0.3) is 10.9 Å². The summed E-state index contributed by atoms with van der Waals surface area (Å²) in [7, 11) is 2.59. The average Bonchev–Trinajstić information content (AvgIpc) is 2.74. The van der Waals surface area contributed by atoms with Gasteiger partial charge in [0.05, 0.1) is 11.1 Å². The molecule has 3 aromatic rings. The third-order valence-corrected chi connectivity index (χ3v) is 5.10. The summed E-state index contributed by atoms with van der Waals surface area (Å²) >= 11 is 0. The van der Waals surface area contributed by atoms with Gasteiger partial charge in [-0.2, -0.15) is 0 Å². The SMILES string of the molecule is CCc1nc2ccccc2c(C(=O)OCC(=O)c2c(N)n(C)c(=O)n(C)c2=O)c1C. The first-order valence-electron chi connectivity index (χ1n) is 9.33. The van der Waals surface area contributed by atoms with Crippen LogP contribution in [0, 0.1) is 6.92 Å². The van der Waals surface area contributed by atoms with E-state index in [9.17, 15) is 19.2 Å². The van der Waals surface area contributed by atoms with E-state index in [0.29, 0.717) is 28.5 Å². The highest BCUT2D eigenvalue weighted by Crippen LogP contribution is 2.24. The van der Waals surface area contributed by atoms with Crippen molar-refractivity contribution >= 4 is 28.5 Å². The number of esters is 1. The monoisotopic (exact) mass is 410 g/mol. The number of fused-ring (bicyclic) bond motifs is 1. The number of rotatable bonds is 5. The summed E-state index contributed by atoms with van der Waals surface area (Å²) in [4.78, 5) is 54.3. The van der Waals surface area contributed by atoms with Crippen LogP contribution in [-0.2, 0) is 25.3 Å². The number of nitrogens with two attached hydrogens (primary N) is 1. The molecule has 0 amide bonds. The Hall–Kier alpha value is -3.75. The number of hydrogen-bond donors (Lipinski definition) is 1. The van der Waals surface area contributed by atoms with Crippen molar-refractivity contribution in [3.63, 3.8) is 0 Å². The average molecular weight is 410 g/mol. The van der Waals surface area contributed by atoms with Crippen LogP contribution >= 0.6 is 0 Å². The number of anilines is 1. The number of ether oxygens (including phenoxy) is 1. The third kappa shape index (κ3) is 3.38. The van der Waals surface area contributed by atoms with Crippen LogP contribution in [0.1, 0.15) is 38.9 Å². The minimum atomic E-state index is -0.838. The first-order valence-corrected chi connectivity index (χ1v) is 9.33. The molecule has 2 N–H and O–H groups in total. The normalized spacial score (nSPS) is 10.9. The fourth-order valence-corrected chi connectivity index (χ4v) is 3.36. The second-order valence-corrected chi connectivity index (χ2v) is 6.89. The number of Topliss-reactive ketones (excluding diaryl/α,β-unsaturated/α-hetero) is 1. The number of nitrogen functional groups attached to an aromatic ring is 1. The highest BCUT2D eigenvalue weighted by molar-refractivity contribution is 6.07. The maximum Gasteiger partial charge on any atom is 0.339 e. The van der Waals surface area contributed by atoms with E-state index in [4.69, 9.17) is 10.5 Å². The van der Waals surface area contributed by atoms with Gasteiger partial charge in [-0.15, -0.1) is 0 Å². The maximum atomic E-state index is 12.9. The van der Waals surface area contributed by atoms with E-state index < -0.39 is 35.2 Å². The Morgan fingerprint density at radius 2 is 1.77 bits per heavy atom. The number of carbonyl (C=O) groups is 2. The molecular formula is C21H22N4O5. The van der Waals surface area contributed by atoms with Gasteiger partial charge in [0.1, 0.15) is 11.4 Å². The van der Waals surface area contributed by atoms with E-state index in [1.54, 1.807) is 25.1 Å². The summed E-state index contributed by atoms with van der Waals surface area (Å²) in [5.41, 5.74) is 6.30. The van der Waals surface area contributed by atoms with Crippen molar-refractivity contribution in [2.24, 2.45) is 14.1 Å². The predicted octanol–water partition coefficient (Wildman–Crippen LogP) is 1.12. The highest BCUT2D eigenvalue weighted by atomic mass is 16.5. The number of hydrogen-bond acceptors (Lipinski definition) is 7. The molecule has 156 valence electrons. The van der Waals surface area contributed by atoms with Gasteiger partial charge in [0.25, 0.3) is 5.56 Å². The number of aromatic nitrogens is 3. The van der Waals surface area contributed by atoms with Crippen molar-refractivity contribution in [1.29, 1.82) is 0 Å². The smallest absolute Gasteiger partial charge is 0.339 e. The number of para-hydroxylation sites is 1. The lowest BCUT2D eigenvalue weighted by Crippen LogP contribution is -2.42. The van der Waals surface area contributed by atoms with Gasteiger partial charge in [-0.3, -0.25) is 23.7 Å². The van der Waals surface area contributed by atoms with Crippen LogP contribution in [0.3, 0.4) is 0 Å². The van der Waals surface area contributed by atoms with E-state index in [0.717, 1.165) is 14.8 Å². The molecule has 0 saturated heterocycles. The first-order chi connectivity index (χ1) is 14.2. The lowest BCUT2D eigenvalue weighted by atomic mass is 10.0. The molecule has 1 aromatic carbocycles. The minimum Gasteiger partial charge on any atom is -0.454 e. The van der Waals surface area contributed by atoms with Crippen LogP contribution in [-0.4, -0.2) is 32.5 Å². The predicted molar refractivity (Wildman–Crippen MR) is 112 cm³/mol. The van der Waals surface area contributed by atoms with Crippen molar-refractivity contribution in [2.75, 3.05) is 12.3 Å². The van der Waals surface area contributed by atoms with E-state index >= 15 is 0 Å². The van der Waals surface area contributed by atoms with Crippen molar-refractivity contribution in [3.05, 3.63) is 67.5 Å². The molecule has 0 unspecified atom stereocenters. The molecule has 3 rings (SSSR count). The molecule has 0 aliphatic rings. The topological polar surface area (TPSA) is 126 Å². The molecular weight excluding hydrogens is 388 g/mol. The lowest BCUT2D eigenvalue weighted by Gasteiger charge is -2.14. The third-order valence-electron chi connectivity index (χ3n) is 5.10. The van der Waals surface area contributed by atoms with Gasteiger partial charge in [0.15, 0.2) is 6.61 Å². The van der Waals surface area contributed by atoms with Crippen LogP contribution in [0.2, 0.25) is 0 Å². The molecule has 0 bridgehead atoms. The largest absolute Gasteiger partial charge is 0.454 e. The van der Waals surface area contributed by atoms with Crippen LogP contribution in [0.5, 0.6) is 0 Å². The van der Waals surface area contributed by atoms with E-state index in [-0.39, 0.29) is 5.82 Å². The van der Waals surface area contributed by atoms with Crippen molar-refractivity contribution < 1.29 is 14.3 Å². The van der Waals surface area contributed by atoms with Crippen molar-refractivity contribution in [3.8, 4) is 0 Å². The zero-order valence-corrected chi connectivity index (χ0v) is 17.2. The van der Waals surface area contributed by atoms with Gasteiger partial charge in [-0.05, 0) is 25.0 Å². The molecule has 30 heavy (non-hydrogen) atoms. The van der Waals surface area contributed by atoms with Crippen molar-refractivity contribution in [2.45, 2.75) is 20.3 Å². The lowest BCUT2D eigenvalue weighted by molar-refractivity contribution is 0.0475. The molecule has 0 saturated carbocycles. The summed E-state index contributed by atoms with van der Waals surface area (Å²) in [6.07, 6.45) is 0.625. The van der Waals surface area contributed by atoms with Gasteiger partial charge in [0.2, 0.25) is 5.78 Å². The van der Waals surface area contributed by atoms with E-state index in [1.807, 2.05) is 13.0 Å². The van der Waals surface area contributed by atoms with Crippen LogP contribution < -0.4 is 17.0 Å². The van der Waals surface area contributed by atoms with Gasteiger partial charge in [-0.25, -0.2) is 9.59 Å². The molecule has 0 atom stereocenters. The zero-order valence-electron chi connectivity index (χ0n) is 17.2. The Balaban J connectivity index is 1.96. The van der Waals surface area contributed by atoms with Crippen LogP contribution in [0.4, 0.5) is 5.82 Å². The van der Waals surface area contributed by atoms with E-state index in [1.165, 1.54) is 14.1 Å².